The van der Waals surface area contributed by atoms with Crippen LogP contribution in [0.2, 0.25) is 0 Å². The van der Waals surface area contributed by atoms with Crippen molar-refractivity contribution in [2.45, 2.75) is 50.5 Å². The molecule has 0 amide bonds. The zero-order valence-electron chi connectivity index (χ0n) is 12.0. The summed E-state index contributed by atoms with van der Waals surface area (Å²) in [5.41, 5.74) is 7.76. The highest BCUT2D eigenvalue weighted by atomic mass is 79.9. The maximum absolute atomic E-state index is 6.44. The molecule has 2 heterocycles. The molecule has 0 spiro atoms. The van der Waals surface area contributed by atoms with Gasteiger partial charge < -0.3 is 10.5 Å². The number of hydrogen-bond donors (Lipinski definition) is 1. The maximum Gasteiger partial charge on any atom is 0.0707 e. The fraction of sp³-hybridized carbons (Fsp3) is 0.625. The van der Waals surface area contributed by atoms with E-state index in [9.17, 15) is 0 Å². The Morgan fingerprint density at radius 3 is 2.40 bits per heavy atom. The molecule has 4 heteroatoms. The van der Waals surface area contributed by atoms with Crippen molar-refractivity contribution in [1.29, 1.82) is 0 Å². The summed E-state index contributed by atoms with van der Waals surface area (Å²) in [5, 5.41) is 0. The number of nitrogens with two attached hydrogens (primary N) is 1. The molecule has 2 N–H and O–H groups in total. The van der Waals surface area contributed by atoms with E-state index in [1.165, 1.54) is 18.4 Å². The Morgan fingerprint density at radius 1 is 1.25 bits per heavy atom. The van der Waals surface area contributed by atoms with E-state index in [-0.39, 0.29) is 6.04 Å². The number of ether oxygens (including phenoxy) is 1. The van der Waals surface area contributed by atoms with Crippen molar-refractivity contribution in [2.24, 2.45) is 5.73 Å². The van der Waals surface area contributed by atoms with Crippen LogP contribution >= 0.6 is 15.9 Å². The van der Waals surface area contributed by atoms with Gasteiger partial charge in [0, 0.05) is 23.6 Å². The summed E-state index contributed by atoms with van der Waals surface area (Å²) in [7, 11) is 0. The van der Waals surface area contributed by atoms with E-state index in [4.69, 9.17) is 10.5 Å². The normalized spacial score (nSPS) is 29.4. The summed E-state index contributed by atoms with van der Waals surface area (Å²) >= 11 is 3.51. The minimum atomic E-state index is 0.175. The molecule has 20 heavy (non-hydrogen) atoms. The standard InChI is InChI=1S/C16H23BrN2O/c1-2-15(18)16(11-3-5-12(17)6-4-11)19-9-13-7-8-14(10-19)20-13/h3-6,13-16H,2,7-10,18H2,1H3. The smallest absolute Gasteiger partial charge is 0.0707 e. The molecule has 3 rings (SSSR count). The van der Waals surface area contributed by atoms with Crippen LogP contribution in [-0.4, -0.2) is 36.2 Å². The number of nitrogens with zero attached hydrogens (tertiary/aromatic N) is 1. The predicted octanol–water partition coefficient (Wildman–Crippen LogP) is 3.09. The maximum atomic E-state index is 6.44. The first-order valence-corrected chi connectivity index (χ1v) is 8.37. The van der Waals surface area contributed by atoms with Gasteiger partial charge in [-0.2, -0.15) is 0 Å². The molecule has 0 aromatic heterocycles. The van der Waals surface area contributed by atoms with E-state index >= 15 is 0 Å². The van der Waals surface area contributed by atoms with Crippen LogP contribution in [0.25, 0.3) is 0 Å². The van der Waals surface area contributed by atoms with E-state index < -0.39 is 0 Å². The number of rotatable bonds is 4. The van der Waals surface area contributed by atoms with Gasteiger partial charge in [-0.05, 0) is 37.0 Å². The Hall–Kier alpha value is -0.420. The minimum Gasteiger partial charge on any atom is -0.372 e. The van der Waals surface area contributed by atoms with Crippen LogP contribution in [0.4, 0.5) is 0 Å². The molecule has 3 nitrogen and oxygen atoms in total. The summed E-state index contributed by atoms with van der Waals surface area (Å²) in [4.78, 5) is 2.54. The van der Waals surface area contributed by atoms with Crippen LogP contribution in [0.5, 0.6) is 0 Å². The molecular weight excluding hydrogens is 316 g/mol. The van der Waals surface area contributed by atoms with Crippen LogP contribution in [0.1, 0.15) is 37.8 Å². The van der Waals surface area contributed by atoms with Gasteiger partial charge >= 0.3 is 0 Å². The molecule has 0 aliphatic carbocycles. The second-order valence-electron chi connectivity index (χ2n) is 5.98. The third-order valence-electron chi connectivity index (χ3n) is 4.55. The molecule has 4 atom stereocenters. The fourth-order valence-corrected chi connectivity index (χ4v) is 3.75. The molecule has 0 radical (unpaired) electrons. The van der Waals surface area contributed by atoms with Crippen molar-refractivity contribution in [1.82, 2.24) is 4.90 Å². The van der Waals surface area contributed by atoms with Gasteiger partial charge in [0.1, 0.15) is 0 Å². The Morgan fingerprint density at radius 2 is 1.85 bits per heavy atom. The Balaban J connectivity index is 1.84. The highest BCUT2D eigenvalue weighted by Crippen LogP contribution is 2.34. The minimum absolute atomic E-state index is 0.175. The third-order valence-corrected chi connectivity index (χ3v) is 5.08. The largest absolute Gasteiger partial charge is 0.372 e. The molecule has 110 valence electrons. The second-order valence-corrected chi connectivity index (χ2v) is 6.90. The number of likely N-dealkylation sites (tertiary alicyclic amines) is 1. The van der Waals surface area contributed by atoms with Crippen LogP contribution in [0.3, 0.4) is 0 Å². The number of hydrogen-bond acceptors (Lipinski definition) is 3. The fourth-order valence-electron chi connectivity index (χ4n) is 3.49. The first-order valence-electron chi connectivity index (χ1n) is 7.58. The van der Waals surface area contributed by atoms with E-state index in [2.05, 4.69) is 52.0 Å². The van der Waals surface area contributed by atoms with Crippen LogP contribution in [0.15, 0.2) is 28.7 Å². The van der Waals surface area contributed by atoms with Crippen molar-refractivity contribution in [3.63, 3.8) is 0 Å². The van der Waals surface area contributed by atoms with E-state index in [0.29, 0.717) is 18.2 Å². The second kappa shape index (κ2) is 6.14. The lowest BCUT2D eigenvalue weighted by Crippen LogP contribution is -2.49. The van der Waals surface area contributed by atoms with Crippen molar-refractivity contribution >= 4 is 15.9 Å². The van der Waals surface area contributed by atoms with E-state index in [0.717, 1.165) is 24.0 Å². The van der Waals surface area contributed by atoms with Crippen molar-refractivity contribution in [3.8, 4) is 0 Å². The average molecular weight is 339 g/mol. The average Bonchev–Trinajstić information content (AvgIpc) is 2.80. The molecule has 4 unspecified atom stereocenters. The third kappa shape index (κ3) is 2.93. The van der Waals surface area contributed by atoms with Crippen molar-refractivity contribution < 1.29 is 4.74 Å². The van der Waals surface area contributed by atoms with Crippen LogP contribution < -0.4 is 5.73 Å². The zero-order valence-corrected chi connectivity index (χ0v) is 13.6. The summed E-state index contributed by atoms with van der Waals surface area (Å²) in [6.07, 6.45) is 4.23. The first-order chi connectivity index (χ1) is 9.67. The first kappa shape index (κ1) is 14.5. The number of fused-ring (bicyclic) bond motifs is 2. The van der Waals surface area contributed by atoms with Gasteiger partial charge in [-0.25, -0.2) is 0 Å². The quantitative estimate of drug-likeness (QED) is 0.916. The summed E-state index contributed by atoms with van der Waals surface area (Å²) in [6.45, 7) is 4.21. The van der Waals surface area contributed by atoms with Gasteiger partial charge in [0.05, 0.1) is 18.2 Å². The van der Waals surface area contributed by atoms with Gasteiger partial charge in [-0.15, -0.1) is 0 Å². The number of halogens is 1. The molecular formula is C16H23BrN2O. The van der Waals surface area contributed by atoms with Gasteiger partial charge in [0.25, 0.3) is 0 Å². The summed E-state index contributed by atoms with van der Waals surface area (Å²) < 4.78 is 7.07. The molecule has 2 bridgehead atoms. The topological polar surface area (TPSA) is 38.5 Å². The zero-order chi connectivity index (χ0) is 14.1. The highest BCUT2D eigenvalue weighted by Gasteiger charge is 2.38. The Labute approximate surface area is 129 Å². The van der Waals surface area contributed by atoms with Gasteiger partial charge in [-0.3, -0.25) is 4.90 Å². The Bertz CT molecular complexity index is 438. The molecule has 2 aliphatic heterocycles. The SMILES string of the molecule is CCC(N)C(c1ccc(Br)cc1)N1CC2CCC(C1)O2. The number of morpholine rings is 1. The molecule has 2 saturated heterocycles. The van der Waals surface area contributed by atoms with Crippen LogP contribution in [0, 0.1) is 0 Å². The molecule has 1 aromatic carbocycles. The lowest BCUT2D eigenvalue weighted by molar-refractivity contribution is -0.0568. The molecule has 1 aromatic rings. The van der Waals surface area contributed by atoms with E-state index in [1.807, 2.05) is 0 Å². The van der Waals surface area contributed by atoms with Crippen molar-refractivity contribution in [2.75, 3.05) is 13.1 Å². The Kier molecular flexibility index (Phi) is 4.46. The summed E-state index contributed by atoms with van der Waals surface area (Å²) in [6, 6.07) is 9.09. The lowest BCUT2D eigenvalue weighted by atomic mass is 9.95. The van der Waals surface area contributed by atoms with Gasteiger partial charge in [0.15, 0.2) is 0 Å². The summed E-state index contributed by atoms with van der Waals surface area (Å²) in [5.74, 6) is 0. The lowest BCUT2D eigenvalue weighted by Gasteiger charge is -2.40. The van der Waals surface area contributed by atoms with Gasteiger partial charge in [-0.1, -0.05) is 35.0 Å². The number of benzene rings is 1. The van der Waals surface area contributed by atoms with Crippen molar-refractivity contribution in [3.05, 3.63) is 34.3 Å². The molecule has 2 fully saturated rings. The molecule has 2 aliphatic rings. The monoisotopic (exact) mass is 338 g/mol. The highest BCUT2D eigenvalue weighted by molar-refractivity contribution is 9.10. The van der Waals surface area contributed by atoms with Crippen LogP contribution in [-0.2, 0) is 4.74 Å². The van der Waals surface area contributed by atoms with E-state index in [1.54, 1.807) is 0 Å². The molecule has 0 saturated carbocycles. The predicted molar refractivity (Wildman–Crippen MR) is 84.6 cm³/mol. The van der Waals surface area contributed by atoms with Gasteiger partial charge in [0.2, 0.25) is 0 Å².